The third-order valence-electron chi connectivity index (χ3n) is 3.97. The van der Waals surface area contributed by atoms with Gasteiger partial charge in [-0.25, -0.2) is 17.2 Å². The molecule has 26 heavy (non-hydrogen) atoms. The molecule has 7 heteroatoms. The van der Waals surface area contributed by atoms with E-state index in [1.807, 2.05) is 0 Å². The van der Waals surface area contributed by atoms with Gasteiger partial charge in [0.15, 0.2) is 9.84 Å². The first-order valence-electron chi connectivity index (χ1n) is 7.71. The summed E-state index contributed by atoms with van der Waals surface area (Å²) in [6.07, 6.45) is 3.01. The van der Waals surface area contributed by atoms with Gasteiger partial charge in [0.05, 0.1) is 10.1 Å². The zero-order chi connectivity index (χ0) is 18.7. The molecule has 0 aliphatic rings. The molecule has 1 aromatic heterocycles. The summed E-state index contributed by atoms with van der Waals surface area (Å²) in [6.45, 7) is 0. The van der Waals surface area contributed by atoms with Crippen molar-refractivity contribution in [1.29, 1.82) is 0 Å². The van der Waals surface area contributed by atoms with E-state index < -0.39 is 26.7 Å². The third-order valence-corrected chi connectivity index (χ3v) is 6.32. The van der Waals surface area contributed by atoms with Crippen molar-refractivity contribution in [1.82, 2.24) is 4.98 Å². The number of pyridine rings is 1. The number of hydrogen-bond donors (Lipinski definition) is 0. The normalized spacial score (nSPS) is 12.7. The standard InChI is InChI=1S/C19H14ClF2NO2S/c20-14-3-6-16(7-4-14)26(24,25)19(10-13-2-1-9-23-12-13)17-11-15(21)5-8-18(17)22/h1-9,11-12,19H,10H2. The molecule has 1 atom stereocenters. The van der Waals surface area contributed by atoms with Crippen molar-refractivity contribution >= 4 is 21.4 Å². The van der Waals surface area contributed by atoms with Crippen LogP contribution in [0.4, 0.5) is 8.78 Å². The third kappa shape index (κ3) is 3.92. The van der Waals surface area contributed by atoms with Crippen LogP contribution in [0.5, 0.6) is 0 Å². The Morgan fingerprint density at radius 3 is 2.42 bits per heavy atom. The van der Waals surface area contributed by atoms with E-state index in [0.29, 0.717) is 10.6 Å². The van der Waals surface area contributed by atoms with Crippen LogP contribution >= 0.6 is 11.6 Å². The van der Waals surface area contributed by atoms with Crippen LogP contribution in [0.1, 0.15) is 16.4 Å². The monoisotopic (exact) mass is 393 g/mol. The van der Waals surface area contributed by atoms with Gasteiger partial charge in [-0.2, -0.15) is 0 Å². The predicted octanol–water partition coefficient (Wildman–Crippen LogP) is 4.77. The maximum absolute atomic E-state index is 14.4. The molecule has 134 valence electrons. The molecule has 0 N–H and O–H groups in total. The van der Waals surface area contributed by atoms with Gasteiger partial charge >= 0.3 is 0 Å². The van der Waals surface area contributed by atoms with Crippen molar-refractivity contribution < 1.29 is 17.2 Å². The van der Waals surface area contributed by atoms with Crippen LogP contribution in [-0.4, -0.2) is 13.4 Å². The zero-order valence-electron chi connectivity index (χ0n) is 13.4. The van der Waals surface area contributed by atoms with E-state index in [4.69, 9.17) is 11.6 Å². The molecule has 3 rings (SSSR count). The van der Waals surface area contributed by atoms with Gasteiger partial charge in [0.2, 0.25) is 0 Å². The van der Waals surface area contributed by atoms with Crippen molar-refractivity contribution in [3.05, 3.63) is 94.8 Å². The molecular weight excluding hydrogens is 380 g/mol. The van der Waals surface area contributed by atoms with Crippen LogP contribution in [0.3, 0.4) is 0 Å². The highest BCUT2D eigenvalue weighted by Crippen LogP contribution is 2.34. The van der Waals surface area contributed by atoms with Gasteiger partial charge in [0.1, 0.15) is 11.6 Å². The number of halogens is 3. The average molecular weight is 394 g/mol. The molecular formula is C19H14ClF2NO2S. The summed E-state index contributed by atoms with van der Waals surface area (Å²) < 4.78 is 54.4. The molecule has 0 bridgehead atoms. The van der Waals surface area contributed by atoms with Crippen molar-refractivity contribution in [3.63, 3.8) is 0 Å². The van der Waals surface area contributed by atoms with E-state index in [1.54, 1.807) is 18.3 Å². The highest BCUT2D eigenvalue weighted by Gasteiger charge is 2.32. The van der Waals surface area contributed by atoms with Gasteiger partial charge in [-0.1, -0.05) is 17.7 Å². The molecule has 1 unspecified atom stereocenters. The fourth-order valence-electron chi connectivity index (χ4n) is 2.67. The van der Waals surface area contributed by atoms with Gasteiger partial charge < -0.3 is 0 Å². The lowest BCUT2D eigenvalue weighted by Gasteiger charge is -2.19. The molecule has 0 radical (unpaired) electrons. The van der Waals surface area contributed by atoms with E-state index >= 15 is 0 Å². The molecule has 1 heterocycles. The largest absolute Gasteiger partial charge is 0.264 e. The quantitative estimate of drug-likeness (QED) is 0.627. The number of sulfone groups is 1. The first-order valence-corrected chi connectivity index (χ1v) is 9.63. The summed E-state index contributed by atoms with van der Waals surface area (Å²) in [5.74, 6) is -1.48. The SMILES string of the molecule is O=S(=O)(c1ccc(Cl)cc1)C(Cc1cccnc1)c1cc(F)ccc1F. The first-order chi connectivity index (χ1) is 12.4. The van der Waals surface area contributed by atoms with E-state index in [0.717, 1.165) is 18.2 Å². The number of rotatable bonds is 5. The summed E-state index contributed by atoms with van der Waals surface area (Å²) >= 11 is 5.82. The van der Waals surface area contributed by atoms with Crippen LogP contribution in [0, 0.1) is 11.6 Å². The Morgan fingerprint density at radius 2 is 1.77 bits per heavy atom. The Balaban J connectivity index is 2.13. The maximum Gasteiger partial charge on any atom is 0.185 e. The highest BCUT2D eigenvalue weighted by molar-refractivity contribution is 7.91. The van der Waals surface area contributed by atoms with E-state index in [9.17, 15) is 17.2 Å². The molecule has 0 aliphatic carbocycles. The second kappa shape index (κ2) is 7.51. The minimum atomic E-state index is -4.00. The molecule has 0 fully saturated rings. The fourth-order valence-corrected chi connectivity index (χ4v) is 4.57. The van der Waals surface area contributed by atoms with Gasteiger partial charge in [-0.05, 0) is 60.5 Å². The Labute approximate surface area is 155 Å². The van der Waals surface area contributed by atoms with E-state index in [1.165, 1.54) is 30.5 Å². The van der Waals surface area contributed by atoms with Crippen LogP contribution in [0.2, 0.25) is 5.02 Å². The van der Waals surface area contributed by atoms with E-state index in [-0.39, 0.29) is 16.9 Å². The molecule has 0 amide bonds. The zero-order valence-corrected chi connectivity index (χ0v) is 15.0. The topological polar surface area (TPSA) is 47.0 Å². The predicted molar refractivity (Wildman–Crippen MR) is 95.7 cm³/mol. The molecule has 0 aliphatic heterocycles. The van der Waals surface area contributed by atoms with Gasteiger partial charge in [-0.15, -0.1) is 0 Å². The smallest absolute Gasteiger partial charge is 0.185 e. The summed E-state index contributed by atoms with van der Waals surface area (Å²) in [5, 5.41) is -0.923. The Bertz CT molecular complexity index is 1010. The van der Waals surface area contributed by atoms with E-state index in [2.05, 4.69) is 4.98 Å². The maximum atomic E-state index is 14.4. The van der Waals surface area contributed by atoms with Crippen LogP contribution in [0.15, 0.2) is 71.9 Å². The minimum Gasteiger partial charge on any atom is -0.264 e. The van der Waals surface area contributed by atoms with Crippen molar-refractivity contribution in [2.24, 2.45) is 0 Å². The lowest BCUT2D eigenvalue weighted by atomic mass is 10.0. The van der Waals surface area contributed by atoms with Gasteiger partial charge in [0.25, 0.3) is 0 Å². The molecule has 2 aromatic carbocycles. The lowest BCUT2D eigenvalue weighted by Crippen LogP contribution is -2.18. The highest BCUT2D eigenvalue weighted by atomic mass is 35.5. The van der Waals surface area contributed by atoms with Crippen molar-refractivity contribution in [2.45, 2.75) is 16.6 Å². The minimum absolute atomic E-state index is 0.0144. The summed E-state index contributed by atoms with van der Waals surface area (Å²) in [5.41, 5.74) is 0.377. The number of aromatic nitrogens is 1. The van der Waals surface area contributed by atoms with Crippen LogP contribution in [-0.2, 0) is 16.3 Å². The molecule has 3 nitrogen and oxygen atoms in total. The van der Waals surface area contributed by atoms with Gasteiger partial charge in [-0.3, -0.25) is 4.98 Å². The number of nitrogens with zero attached hydrogens (tertiary/aromatic N) is 1. The second-order valence-electron chi connectivity index (χ2n) is 5.72. The average Bonchev–Trinajstić information content (AvgIpc) is 2.63. The summed E-state index contributed by atoms with van der Waals surface area (Å²) in [6, 6.07) is 11.7. The summed E-state index contributed by atoms with van der Waals surface area (Å²) in [7, 11) is -4.00. The first kappa shape index (κ1) is 18.5. The Kier molecular flexibility index (Phi) is 5.34. The molecule has 0 saturated carbocycles. The number of benzene rings is 2. The Hall–Kier alpha value is -2.31. The van der Waals surface area contributed by atoms with Crippen LogP contribution in [0.25, 0.3) is 0 Å². The van der Waals surface area contributed by atoms with Crippen molar-refractivity contribution in [2.75, 3.05) is 0 Å². The van der Waals surface area contributed by atoms with Crippen molar-refractivity contribution in [3.8, 4) is 0 Å². The number of hydrogen-bond acceptors (Lipinski definition) is 3. The molecule has 0 saturated heterocycles. The second-order valence-corrected chi connectivity index (χ2v) is 8.29. The molecule has 0 spiro atoms. The van der Waals surface area contributed by atoms with Crippen LogP contribution < -0.4 is 0 Å². The van der Waals surface area contributed by atoms with Gasteiger partial charge in [0, 0.05) is 23.0 Å². The lowest BCUT2D eigenvalue weighted by molar-refractivity contribution is 0.558. The Morgan fingerprint density at radius 1 is 1.04 bits per heavy atom. The fraction of sp³-hybridized carbons (Fsp3) is 0.105. The molecule has 3 aromatic rings. The summed E-state index contributed by atoms with van der Waals surface area (Å²) in [4.78, 5) is 3.94.